The van der Waals surface area contributed by atoms with Gasteiger partial charge in [0.05, 0.1) is 0 Å². The maximum absolute atomic E-state index is 12.2. The zero-order valence-electron chi connectivity index (χ0n) is 18.1. The van der Waals surface area contributed by atoms with Crippen LogP contribution in [0.2, 0.25) is 0 Å². The molecule has 33 heavy (non-hydrogen) atoms. The summed E-state index contributed by atoms with van der Waals surface area (Å²) in [6.07, 6.45) is 3.62. The van der Waals surface area contributed by atoms with E-state index in [0.29, 0.717) is 6.54 Å². The molecule has 0 fully saturated rings. The molecule has 0 aromatic heterocycles. The summed E-state index contributed by atoms with van der Waals surface area (Å²) in [6, 6.07) is 32.8. The lowest BCUT2D eigenvalue weighted by Crippen LogP contribution is -2.23. The Bertz CT molecular complexity index is 1230. The fraction of sp³-hybridized carbons (Fsp3) is 0.0690. The van der Waals surface area contributed by atoms with Gasteiger partial charge in [-0.05, 0) is 45.5 Å². The van der Waals surface area contributed by atoms with Gasteiger partial charge in [0.2, 0.25) is 0 Å². The molecule has 0 aliphatic heterocycles. The Morgan fingerprint density at radius 1 is 0.758 bits per heavy atom. The molecule has 0 bridgehead atoms. The number of rotatable bonds is 7. The third-order valence-electron chi connectivity index (χ3n) is 5.25. The molecular formula is C29H25NO3. The fourth-order valence-corrected chi connectivity index (χ4v) is 3.54. The van der Waals surface area contributed by atoms with E-state index in [9.17, 15) is 9.90 Å². The lowest BCUT2D eigenvalue weighted by Gasteiger charge is -2.13. The Hall–Kier alpha value is -4.31. The second-order valence-electron chi connectivity index (χ2n) is 7.58. The molecule has 4 rings (SSSR count). The lowest BCUT2D eigenvalue weighted by molar-refractivity contribution is 0.139. The van der Waals surface area contributed by atoms with Gasteiger partial charge in [-0.2, -0.15) is 0 Å². The quantitative estimate of drug-likeness (QED) is 0.319. The molecule has 164 valence electrons. The van der Waals surface area contributed by atoms with Crippen LogP contribution >= 0.6 is 0 Å². The highest BCUT2D eigenvalue weighted by atomic mass is 16.5. The summed E-state index contributed by atoms with van der Waals surface area (Å²) < 4.78 is 5.34. The van der Waals surface area contributed by atoms with Gasteiger partial charge in [-0.25, -0.2) is 4.79 Å². The van der Waals surface area contributed by atoms with E-state index in [1.807, 2.05) is 78.9 Å². The average molecular weight is 436 g/mol. The molecule has 4 heteroatoms. The monoisotopic (exact) mass is 435 g/mol. The minimum Gasteiger partial charge on any atom is -0.508 e. The molecule has 1 amide bonds. The Balaban J connectivity index is 1.48. The van der Waals surface area contributed by atoms with E-state index in [0.717, 1.165) is 33.4 Å². The highest BCUT2D eigenvalue weighted by Crippen LogP contribution is 2.28. The molecule has 0 radical (unpaired) electrons. The number of alkyl carbamates (subject to hydrolysis) is 1. The van der Waals surface area contributed by atoms with Crippen molar-refractivity contribution < 1.29 is 14.6 Å². The highest BCUT2D eigenvalue weighted by Gasteiger charge is 2.10. The molecule has 0 spiro atoms. The first-order chi connectivity index (χ1) is 16.2. The van der Waals surface area contributed by atoms with Gasteiger partial charge < -0.3 is 15.2 Å². The third kappa shape index (κ3) is 6.11. The number of carbonyl (C=O) groups is 1. The SMILES string of the molecule is O=C(NCc1ccccc1-c1ccccc1/C=C/c1ccc(O)cc1)OCc1ccccc1. The molecule has 4 nitrogen and oxygen atoms in total. The minimum atomic E-state index is -0.450. The molecule has 0 aliphatic carbocycles. The van der Waals surface area contributed by atoms with Crippen LogP contribution in [0.15, 0.2) is 103 Å². The van der Waals surface area contributed by atoms with Gasteiger partial charge in [-0.3, -0.25) is 0 Å². The van der Waals surface area contributed by atoms with Crippen molar-refractivity contribution in [3.05, 3.63) is 125 Å². The fourth-order valence-electron chi connectivity index (χ4n) is 3.54. The van der Waals surface area contributed by atoms with E-state index >= 15 is 0 Å². The number of amides is 1. The van der Waals surface area contributed by atoms with Crippen molar-refractivity contribution in [2.45, 2.75) is 13.2 Å². The first kappa shape index (κ1) is 21.9. The molecular weight excluding hydrogens is 410 g/mol. The predicted molar refractivity (Wildman–Crippen MR) is 132 cm³/mol. The zero-order valence-corrected chi connectivity index (χ0v) is 18.1. The Labute approximate surface area is 193 Å². The van der Waals surface area contributed by atoms with Crippen LogP contribution in [-0.4, -0.2) is 11.2 Å². The smallest absolute Gasteiger partial charge is 0.407 e. The molecule has 0 unspecified atom stereocenters. The number of aromatic hydroxyl groups is 1. The third-order valence-corrected chi connectivity index (χ3v) is 5.25. The molecule has 4 aromatic carbocycles. The van der Waals surface area contributed by atoms with Crippen LogP contribution < -0.4 is 5.32 Å². The largest absolute Gasteiger partial charge is 0.508 e. The van der Waals surface area contributed by atoms with Crippen molar-refractivity contribution in [3.63, 3.8) is 0 Å². The Morgan fingerprint density at radius 2 is 1.42 bits per heavy atom. The van der Waals surface area contributed by atoms with Gasteiger partial charge in [-0.1, -0.05) is 103 Å². The van der Waals surface area contributed by atoms with Gasteiger partial charge in [0.15, 0.2) is 0 Å². The molecule has 0 aliphatic rings. The number of benzene rings is 4. The second-order valence-corrected chi connectivity index (χ2v) is 7.58. The molecule has 4 aromatic rings. The first-order valence-corrected chi connectivity index (χ1v) is 10.8. The molecule has 0 heterocycles. The van der Waals surface area contributed by atoms with Crippen LogP contribution in [0.5, 0.6) is 5.75 Å². The number of nitrogens with one attached hydrogen (secondary N) is 1. The van der Waals surface area contributed by atoms with Crippen molar-refractivity contribution in [1.82, 2.24) is 5.32 Å². The summed E-state index contributed by atoms with van der Waals surface area (Å²) >= 11 is 0. The lowest BCUT2D eigenvalue weighted by atomic mass is 9.95. The zero-order chi connectivity index (χ0) is 22.9. The van der Waals surface area contributed by atoms with E-state index in [1.165, 1.54) is 0 Å². The van der Waals surface area contributed by atoms with E-state index in [2.05, 4.69) is 29.6 Å². The van der Waals surface area contributed by atoms with Crippen molar-refractivity contribution >= 4 is 18.2 Å². The van der Waals surface area contributed by atoms with E-state index in [-0.39, 0.29) is 12.4 Å². The number of carbonyl (C=O) groups excluding carboxylic acids is 1. The average Bonchev–Trinajstić information content (AvgIpc) is 2.87. The van der Waals surface area contributed by atoms with Crippen LogP contribution in [0.25, 0.3) is 23.3 Å². The van der Waals surface area contributed by atoms with Crippen LogP contribution in [0.4, 0.5) is 4.79 Å². The second kappa shape index (κ2) is 10.8. The van der Waals surface area contributed by atoms with E-state index < -0.39 is 6.09 Å². The molecule has 0 saturated heterocycles. The van der Waals surface area contributed by atoms with E-state index in [4.69, 9.17) is 4.74 Å². The number of hydrogen-bond acceptors (Lipinski definition) is 3. The summed E-state index contributed by atoms with van der Waals surface area (Å²) in [6.45, 7) is 0.596. The maximum Gasteiger partial charge on any atom is 0.407 e. The normalized spacial score (nSPS) is 10.8. The Kier molecular flexibility index (Phi) is 7.18. The van der Waals surface area contributed by atoms with Gasteiger partial charge in [-0.15, -0.1) is 0 Å². The molecule has 0 saturated carbocycles. The summed E-state index contributed by atoms with van der Waals surface area (Å²) in [7, 11) is 0. The van der Waals surface area contributed by atoms with Crippen molar-refractivity contribution in [3.8, 4) is 16.9 Å². The standard InChI is InChI=1S/C29H25NO3/c31-26-18-15-22(16-19-26)14-17-24-10-4-6-12-27(24)28-13-7-5-11-25(28)20-30-29(32)33-21-23-8-2-1-3-9-23/h1-19,31H,20-21H2,(H,30,32)/b17-14+. The van der Waals surface area contributed by atoms with Crippen molar-refractivity contribution in [2.75, 3.05) is 0 Å². The molecule has 2 N–H and O–H groups in total. The van der Waals surface area contributed by atoms with Crippen LogP contribution in [0, 0.1) is 0 Å². The minimum absolute atomic E-state index is 0.235. The Morgan fingerprint density at radius 3 is 2.21 bits per heavy atom. The van der Waals surface area contributed by atoms with Crippen LogP contribution in [-0.2, 0) is 17.9 Å². The van der Waals surface area contributed by atoms with Crippen LogP contribution in [0.3, 0.4) is 0 Å². The van der Waals surface area contributed by atoms with Gasteiger partial charge in [0.25, 0.3) is 0 Å². The van der Waals surface area contributed by atoms with Gasteiger partial charge >= 0.3 is 6.09 Å². The molecule has 0 atom stereocenters. The van der Waals surface area contributed by atoms with Gasteiger partial charge in [0, 0.05) is 6.54 Å². The summed E-state index contributed by atoms with van der Waals surface area (Å²) in [5.41, 5.74) is 6.12. The topological polar surface area (TPSA) is 58.6 Å². The van der Waals surface area contributed by atoms with E-state index in [1.54, 1.807) is 12.1 Å². The summed E-state index contributed by atoms with van der Waals surface area (Å²) in [5, 5.41) is 12.3. The first-order valence-electron chi connectivity index (χ1n) is 10.8. The predicted octanol–water partition coefficient (Wildman–Crippen LogP) is 6.66. The highest BCUT2D eigenvalue weighted by molar-refractivity contribution is 5.82. The number of phenols is 1. The van der Waals surface area contributed by atoms with Crippen molar-refractivity contribution in [2.24, 2.45) is 0 Å². The maximum atomic E-state index is 12.2. The van der Waals surface area contributed by atoms with Crippen molar-refractivity contribution in [1.29, 1.82) is 0 Å². The number of ether oxygens (including phenoxy) is 1. The summed E-state index contributed by atoms with van der Waals surface area (Å²) in [5.74, 6) is 0.247. The number of hydrogen-bond donors (Lipinski definition) is 2. The van der Waals surface area contributed by atoms with Crippen LogP contribution in [0.1, 0.15) is 22.3 Å². The number of phenolic OH excluding ortho intramolecular Hbond substituents is 1. The summed E-state index contributed by atoms with van der Waals surface area (Å²) in [4.78, 5) is 12.2. The van der Waals surface area contributed by atoms with Gasteiger partial charge in [0.1, 0.15) is 12.4 Å².